The Balaban J connectivity index is 1.90. The Morgan fingerprint density at radius 1 is 1.43 bits per heavy atom. The van der Waals surface area contributed by atoms with Gasteiger partial charge in [-0.15, -0.1) is 0 Å². The fourth-order valence-corrected chi connectivity index (χ4v) is 3.61. The van der Waals surface area contributed by atoms with Crippen LogP contribution in [-0.2, 0) is 10.0 Å². The van der Waals surface area contributed by atoms with Crippen LogP contribution in [0.3, 0.4) is 0 Å². The fourth-order valence-electron chi connectivity index (χ4n) is 2.43. The first-order chi connectivity index (χ1) is 9.88. The van der Waals surface area contributed by atoms with E-state index in [1.165, 1.54) is 31.2 Å². The zero-order valence-electron chi connectivity index (χ0n) is 12.4. The van der Waals surface area contributed by atoms with Crippen LogP contribution in [0.1, 0.15) is 26.7 Å². The minimum atomic E-state index is -3.52. The number of hydrogen-bond donors (Lipinski definition) is 1. The van der Waals surface area contributed by atoms with Gasteiger partial charge in [0.15, 0.2) is 0 Å². The summed E-state index contributed by atoms with van der Waals surface area (Å²) in [6.07, 6.45) is 3.63. The third-order valence-corrected chi connectivity index (χ3v) is 5.65. The third-order valence-electron chi connectivity index (χ3n) is 4.02. The molecule has 0 radical (unpaired) electrons. The minimum absolute atomic E-state index is 0.145. The second-order valence-electron chi connectivity index (χ2n) is 5.74. The first kappa shape index (κ1) is 16.7. The van der Waals surface area contributed by atoms with E-state index in [0.29, 0.717) is 6.54 Å². The van der Waals surface area contributed by atoms with Crippen LogP contribution in [0.2, 0.25) is 5.15 Å². The molecule has 1 saturated heterocycles. The average Bonchev–Trinajstić information content (AvgIpc) is 2.46. The van der Waals surface area contributed by atoms with E-state index in [2.05, 4.69) is 28.5 Å². The van der Waals surface area contributed by atoms with Gasteiger partial charge in [0.05, 0.1) is 0 Å². The molecule has 0 aromatic carbocycles. The first-order valence-corrected chi connectivity index (χ1v) is 9.10. The van der Waals surface area contributed by atoms with E-state index in [-0.39, 0.29) is 16.1 Å². The maximum Gasteiger partial charge on any atom is 0.242 e. The molecule has 118 valence electrons. The number of sulfonamides is 1. The molecule has 1 unspecified atom stereocenters. The topological polar surface area (TPSA) is 62.3 Å². The van der Waals surface area contributed by atoms with Crippen LogP contribution in [0.25, 0.3) is 0 Å². The second-order valence-corrected chi connectivity index (χ2v) is 7.89. The zero-order valence-corrected chi connectivity index (χ0v) is 14.0. The normalized spacial score (nSPS) is 19.6. The molecule has 5 nitrogen and oxygen atoms in total. The van der Waals surface area contributed by atoms with Gasteiger partial charge in [0.25, 0.3) is 0 Å². The summed E-state index contributed by atoms with van der Waals surface area (Å²) in [5, 5.41) is 0.282. The van der Waals surface area contributed by atoms with E-state index in [1.54, 1.807) is 0 Å². The van der Waals surface area contributed by atoms with Gasteiger partial charge in [0.1, 0.15) is 10.0 Å². The SMILES string of the molecule is CC1CCN(C(C)CNS(=O)(=O)c2ccc(Cl)nc2)CC1. The Bertz CT molecular complexity index is 554. The monoisotopic (exact) mass is 331 g/mol. The first-order valence-electron chi connectivity index (χ1n) is 7.24. The van der Waals surface area contributed by atoms with Crippen molar-refractivity contribution in [2.75, 3.05) is 19.6 Å². The largest absolute Gasteiger partial charge is 0.299 e. The lowest BCUT2D eigenvalue weighted by Gasteiger charge is -2.34. The highest BCUT2D eigenvalue weighted by Crippen LogP contribution is 2.18. The summed E-state index contributed by atoms with van der Waals surface area (Å²) in [5.41, 5.74) is 0. The lowest BCUT2D eigenvalue weighted by Crippen LogP contribution is -2.45. The van der Waals surface area contributed by atoms with E-state index in [0.717, 1.165) is 19.0 Å². The number of piperidine rings is 1. The molecular weight excluding hydrogens is 310 g/mol. The smallest absolute Gasteiger partial charge is 0.242 e. The summed E-state index contributed by atoms with van der Waals surface area (Å²) in [5.74, 6) is 0.769. The van der Waals surface area contributed by atoms with Crippen molar-refractivity contribution < 1.29 is 8.42 Å². The predicted octanol–water partition coefficient (Wildman–Crippen LogP) is 2.13. The summed E-state index contributed by atoms with van der Waals surface area (Å²) in [4.78, 5) is 6.29. The maximum atomic E-state index is 12.2. The van der Waals surface area contributed by atoms with Gasteiger partial charge in [-0.25, -0.2) is 18.1 Å². The number of likely N-dealkylation sites (tertiary alicyclic amines) is 1. The van der Waals surface area contributed by atoms with Crippen LogP contribution >= 0.6 is 11.6 Å². The summed E-state index contributed by atoms with van der Waals surface area (Å²) < 4.78 is 27.0. The van der Waals surface area contributed by atoms with Gasteiger partial charge >= 0.3 is 0 Å². The molecule has 0 spiro atoms. The standard InChI is InChI=1S/C14H22ClN3O2S/c1-11-5-7-18(8-6-11)12(2)9-17-21(19,20)13-3-4-14(15)16-10-13/h3-4,10-12,17H,5-9H2,1-2H3. The van der Waals surface area contributed by atoms with Crippen molar-refractivity contribution in [1.29, 1.82) is 0 Å². The van der Waals surface area contributed by atoms with Gasteiger partial charge in [0, 0.05) is 18.8 Å². The third kappa shape index (κ3) is 4.64. The van der Waals surface area contributed by atoms with E-state index < -0.39 is 10.0 Å². The predicted molar refractivity (Wildman–Crippen MR) is 83.9 cm³/mol. The van der Waals surface area contributed by atoms with Crippen molar-refractivity contribution in [3.63, 3.8) is 0 Å². The van der Waals surface area contributed by atoms with Crippen molar-refractivity contribution in [3.05, 3.63) is 23.5 Å². The van der Waals surface area contributed by atoms with Crippen LogP contribution in [-0.4, -0.2) is 44.0 Å². The average molecular weight is 332 g/mol. The number of nitrogens with one attached hydrogen (secondary N) is 1. The lowest BCUT2D eigenvalue weighted by molar-refractivity contribution is 0.148. The van der Waals surface area contributed by atoms with Crippen molar-refractivity contribution in [2.24, 2.45) is 5.92 Å². The van der Waals surface area contributed by atoms with Crippen LogP contribution < -0.4 is 4.72 Å². The molecule has 0 saturated carbocycles. The molecule has 1 N–H and O–H groups in total. The van der Waals surface area contributed by atoms with Gasteiger partial charge in [0.2, 0.25) is 10.0 Å². The number of nitrogens with zero attached hydrogens (tertiary/aromatic N) is 2. The fraction of sp³-hybridized carbons (Fsp3) is 0.643. The molecular formula is C14H22ClN3O2S. The van der Waals surface area contributed by atoms with Crippen molar-refractivity contribution in [3.8, 4) is 0 Å². The molecule has 1 aromatic rings. The summed E-state index contributed by atoms with van der Waals surface area (Å²) in [7, 11) is -3.52. The Hall–Kier alpha value is -0.690. The van der Waals surface area contributed by atoms with E-state index in [1.807, 2.05) is 0 Å². The molecule has 0 amide bonds. The molecule has 1 aliphatic heterocycles. The molecule has 1 aromatic heterocycles. The van der Waals surface area contributed by atoms with Crippen LogP contribution in [0.15, 0.2) is 23.2 Å². The van der Waals surface area contributed by atoms with Gasteiger partial charge in [-0.05, 0) is 50.9 Å². The van der Waals surface area contributed by atoms with Crippen LogP contribution in [0, 0.1) is 5.92 Å². The molecule has 1 atom stereocenters. The van der Waals surface area contributed by atoms with Gasteiger partial charge < -0.3 is 0 Å². The Labute approximate surface area is 131 Å². The molecule has 7 heteroatoms. The highest BCUT2D eigenvalue weighted by molar-refractivity contribution is 7.89. The molecule has 21 heavy (non-hydrogen) atoms. The van der Waals surface area contributed by atoms with Crippen LogP contribution in [0.4, 0.5) is 0 Å². The van der Waals surface area contributed by atoms with Gasteiger partial charge in [-0.3, -0.25) is 4.90 Å². The van der Waals surface area contributed by atoms with E-state index >= 15 is 0 Å². The van der Waals surface area contributed by atoms with E-state index in [4.69, 9.17) is 11.6 Å². The molecule has 0 bridgehead atoms. The summed E-state index contributed by atoms with van der Waals surface area (Å²) in [6, 6.07) is 3.13. The van der Waals surface area contributed by atoms with Crippen LogP contribution in [0.5, 0.6) is 0 Å². The Kier molecular flexibility index (Phi) is 5.60. The highest BCUT2D eigenvalue weighted by atomic mass is 35.5. The minimum Gasteiger partial charge on any atom is -0.299 e. The van der Waals surface area contributed by atoms with Crippen molar-refractivity contribution in [2.45, 2.75) is 37.6 Å². The molecule has 2 rings (SSSR count). The van der Waals surface area contributed by atoms with Gasteiger partial charge in [-0.2, -0.15) is 0 Å². The number of halogens is 1. The van der Waals surface area contributed by atoms with Gasteiger partial charge in [-0.1, -0.05) is 18.5 Å². The molecule has 0 aliphatic carbocycles. The quantitative estimate of drug-likeness (QED) is 0.840. The van der Waals surface area contributed by atoms with Crippen molar-refractivity contribution >= 4 is 21.6 Å². The number of hydrogen-bond acceptors (Lipinski definition) is 4. The number of aromatic nitrogens is 1. The molecule has 1 aliphatic rings. The number of rotatable bonds is 5. The molecule has 2 heterocycles. The summed E-state index contributed by atoms with van der Waals surface area (Å²) in [6.45, 7) is 6.79. The maximum absolute atomic E-state index is 12.2. The second kappa shape index (κ2) is 7.05. The van der Waals surface area contributed by atoms with Crippen molar-refractivity contribution in [1.82, 2.24) is 14.6 Å². The van der Waals surface area contributed by atoms with E-state index in [9.17, 15) is 8.42 Å². The molecule has 1 fully saturated rings. The highest BCUT2D eigenvalue weighted by Gasteiger charge is 2.22. The lowest BCUT2D eigenvalue weighted by atomic mass is 9.98. The Morgan fingerprint density at radius 3 is 2.67 bits per heavy atom. The zero-order chi connectivity index (χ0) is 15.5. The summed E-state index contributed by atoms with van der Waals surface area (Å²) >= 11 is 5.67. The Morgan fingerprint density at radius 2 is 2.10 bits per heavy atom. The number of pyridine rings is 1.